The Balaban J connectivity index is 2.00. The minimum Gasteiger partial charge on any atom is -0.373 e. The van der Waals surface area contributed by atoms with Gasteiger partial charge in [-0.3, -0.25) is 4.79 Å². The Morgan fingerprint density at radius 1 is 1.35 bits per heavy atom. The molecule has 0 saturated carbocycles. The molecule has 136 valence electrons. The Hall–Kier alpha value is -2.73. The summed E-state index contributed by atoms with van der Waals surface area (Å²) in [5, 5.41) is 3.61. The smallest absolute Gasteiger partial charge is 0.263 e. The first-order valence-corrected chi connectivity index (χ1v) is 8.95. The standard InChI is InChI=1S/C20H22FN3OS/c1-5-7-17(6-2)24(4)13-12-22-19(25)18-14(3)23-20(26-18)15-8-10-16(21)11-9-15/h5-11H,1-2,12-13H2,3-4H3,(H,22,25)/b17-7+. The van der Waals surface area contributed by atoms with E-state index in [-0.39, 0.29) is 11.7 Å². The highest BCUT2D eigenvalue weighted by atomic mass is 32.1. The maximum absolute atomic E-state index is 13.0. The van der Waals surface area contributed by atoms with Gasteiger partial charge in [0.05, 0.1) is 5.69 Å². The summed E-state index contributed by atoms with van der Waals surface area (Å²) in [5.74, 6) is -0.455. The number of benzene rings is 1. The summed E-state index contributed by atoms with van der Waals surface area (Å²) in [5.41, 5.74) is 2.39. The molecule has 1 aromatic carbocycles. The van der Waals surface area contributed by atoms with Crippen molar-refractivity contribution < 1.29 is 9.18 Å². The fraction of sp³-hybridized carbons (Fsp3) is 0.200. The zero-order valence-electron chi connectivity index (χ0n) is 15.0. The summed E-state index contributed by atoms with van der Waals surface area (Å²) >= 11 is 1.30. The van der Waals surface area contributed by atoms with Crippen molar-refractivity contribution >= 4 is 17.2 Å². The highest BCUT2D eigenvalue weighted by molar-refractivity contribution is 7.17. The molecular weight excluding hydrogens is 349 g/mol. The molecule has 26 heavy (non-hydrogen) atoms. The maximum atomic E-state index is 13.0. The number of aryl methyl sites for hydroxylation is 1. The van der Waals surface area contributed by atoms with Gasteiger partial charge in [0.1, 0.15) is 15.7 Å². The van der Waals surface area contributed by atoms with Crippen LogP contribution in [0.2, 0.25) is 0 Å². The first kappa shape index (κ1) is 19.6. The molecule has 2 aromatic rings. The summed E-state index contributed by atoms with van der Waals surface area (Å²) in [6, 6.07) is 6.09. The average molecular weight is 371 g/mol. The van der Waals surface area contributed by atoms with Crippen molar-refractivity contribution in [2.24, 2.45) is 0 Å². The summed E-state index contributed by atoms with van der Waals surface area (Å²) in [6.45, 7) is 10.4. The number of carbonyl (C=O) groups excluding carboxylic acids is 1. The van der Waals surface area contributed by atoms with E-state index in [1.807, 2.05) is 18.0 Å². The van der Waals surface area contributed by atoms with Crippen LogP contribution in [0.25, 0.3) is 10.6 Å². The lowest BCUT2D eigenvalue weighted by Crippen LogP contribution is -2.32. The maximum Gasteiger partial charge on any atom is 0.263 e. The Morgan fingerprint density at radius 3 is 2.65 bits per heavy atom. The van der Waals surface area contributed by atoms with Gasteiger partial charge in [-0.15, -0.1) is 11.3 Å². The number of hydrogen-bond donors (Lipinski definition) is 1. The van der Waals surface area contributed by atoms with Gasteiger partial charge in [0.2, 0.25) is 0 Å². The fourth-order valence-corrected chi connectivity index (χ4v) is 3.33. The normalized spacial score (nSPS) is 11.1. The molecule has 0 bridgehead atoms. The van der Waals surface area contributed by atoms with Crippen molar-refractivity contribution in [3.05, 3.63) is 77.7 Å². The Morgan fingerprint density at radius 2 is 2.04 bits per heavy atom. The zero-order valence-corrected chi connectivity index (χ0v) is 15.8. The second kappa shape index (κ2) is 9.10. The van der Waals surface area contributed by atoms with Crippen molar-refractivity contribution in [2.45, 2.75) is 6.92 Å². The molecule has 0 aliphatic carbocycles. The molecule has 6 heteroatoms. The lowest BCUT2D eigenvalue weighted by Gasteiger charge is -2.20. The van der Waals surface area contributed by atoms with Crippen molar-refractivity contribution in [2.75, 3.05) is 20.1 Å². The Kier molecular flexibility index (Phi) is 6.86. The number of allylic oxidation sites excluding steroid dienone is 3. The van der Waals surface area contributed by atoms with Crippen molar-refractivity contribution in [3.63, 3.8) is 0 Å². The van der Waals surface area contributed by atoms with E-state index in [1.54, 1.807) is 31.2 Å². The van der Waals surface area contributed by atoms with E-state index in [1.165, 1.54) is 23.5 Å². The minimum absolute atomic E-state index is 0.158. The van der Waals surface area contributed by atoms with Crippen LogP contribution in [0.4, 0.5) is 4.39 Å². The van der Waals surface area contributed by atoms with Gasteiger partial charge in [-0.2, -0.15) is 0 Å². The van der Waals surface area contributed by atoms with Gasteiger partial charge in [0, 0.05) is 31.4 Å². The number of rotatable bonds is 8. The molecule has 0 radical (unpaired) electrons. The van der Waals surface area contributed by atoms with Crippen LogP contribution in [0.1, 0.15) is 15.4 Å². The number of thiazole rings is 1. The van der Waals surface area contributed by atoms with Gasteiger partial charge >= 0.3 is 0 Å². The van der Waals surface area contributed by atoms with Gasteiger partial charge in [-0.25, -0.2) is 9.37 Å². The van der Waals surface area contributed by atoms with Gasteiger partial charge in [-0.05, 0) is 43.3 Å². The molecule has 1 aromatic heterocycles. The van der Waals surface area contributed by atoms with E-state index in [4.69, 9.17) is 0 Å². The summed E-state index contributed by atoms with van der Waals surface area (Å²) in [7, 11) is 1.92. The van der Waals surface area contributed by atoms with Crippen molar-refractivity contribution in [1.29, 1.82) is 0 Å². The SMILES string of the molecule is C=C/C=C(\C=C)N(C)CCNC(=O)c1sc(-c2ccc(F)cc2)nc1C. The molecule has 0 atom stereocenters. The number of nitrogens with one attached hydrogen (secondary N) is 1. The molecule has 2 rings (SSSR count). The van der Waals surface area contributed by atoms with Crippen LogP contribution in [-0.4, -0.2) is 35.9 Å². The number of halogens is 1. The second-order valence-corrected chi connectivity index (χ2v) is 6.65. The first-order chi connectivity index (χ1) is 12.5. The van der Waals surface area contributed by atoms with Crippen LogP contribution in [-0.2, 0) is 0 Å². The summed E-state index contributed by atoms with van der Waals surface area (Å²) in [4.78, 5) is 19.4. The summed E-state index contributed by atoms with van der Waals surface area (Å²) in [6.07, 6.45) is 5.30. The van der Waals surface area contributed by atoms with Gasteiger partial charge in [0.15, 0.2) is 0 Å². The van der Waals surface area contributed by atoms with Crippen LogP contribution in [0.15, 0.2) is 61.3 Å². The molecule has 0 aliphatic heterocycles. The molecule has 0 saturated heterocycles. The third-order valence-corrected chi connectivity index (χ3v) is 4.97. The number of likely N-dealkylation sites (N-methyl/N-ethyl adjacent to an activating group) is 1. The minimum atomic E-state index is -0.298. The topological polar surface area (TPSA) is 45.2 Å². The molecule has 1 amide bonds. The van der Waals surface area contributed by atoms with Crippen LogP contribution >= 0.6 is 11.3 Å². The third-order valence-electron chi connectivity index (χ3n) is 3.77. The number of aromatic nitrogens is 1. The Labute approximate surface area is 157 Å². The van der Waals surface area contributed by atoms with Crippen molar-refractivity contribution in [1.82, 2.24) is 15.2 Å². The van der Waals surface area contributed by atoms with E-state index >= 15 is 0 Å². The van der Waals surface area contributed by atoms with Gasteiger partial charge in [-0.1, -0.05) is 19.2 Å². The average Bonchev–Trinajstić information content (AvgIpc) is 3.01. The van der Waals surface area contributed by atoms with E-state index in [9.17, 15) is 9.18 Å². The van der Waals surface area contributed by atoms with Crippen LogP contribution in [0.3, 0.4) is 0 Å². The molecular formula is C20H22FN3OS. The molecule has 0 unspecified atom stereocenters. The molecule has 0 fully saturated rings. The molecule has 0 aliphatic rings. The van der Waals surface area contributed by atoms with Crippen LogP contribution in [0, 0.1) is 12.7 Å². The second-order valence-electron chi connectivity index (χ2n) is 5.65. The van der Waals surface area contributed by atoms with Crippen molar-refractivity contribution in [3.8, 4) is 10.6 Å². The van der Waals surface area contributed by atoms with Crippen LogP contribution in [0.5, 0.6) is 0 Å². The van der Waals surface area contributed by atoms with E-state index in [0.29, 0.717) is 28.7 Å². The quantitative estimate of drug-likeness (QED) is 0.708. The summed E-state index contributed by atoms with van der Waals surface area (Å²) < 4.78 is 13.0. The largest absolute Gasteiger partial charge is 0.373 e. The van der Waals surface area contributed by atoms with Gasteiger partial charge in [0.25, 0.3) is 5.91 Å². The first-order valence-electron chi connectivity index (χ1n) is 8.14. The highest BCUT2D eigenvalue weighted by Gasteiger charge is 2.16. The number of amides is 1. The van der Waals surface area contributed by atoms with E-state index < -0.39 is 0 Å². The monoisotopic (exact) mass is 371 g/mol. The van der Waals surface area contributed by atoms with E-state index in [2.05, 4.69) is 23.5 Å². The predicted octanol–water partition coefficient (Wildman–Crippen LogP) is 4.18. The highest BCUT2D eigenvalue weighted by Crippen LogP contribution is 2.27. The lowest BCUT2D eigenvalue weighted by atomic mass is 10.2. The fourth-order valence-electron chi connectivity index (χ4n) is 2.34. The number of nitrogens with zero attached hydrogens (tertiary/aromatic N) is 2. The third kappa shape index (κ3) is 4.89. The van der Waals surface area contributed by atoms with Gasteiger partial charge < -0.3 is 10.2 Å². The molecule has 4 nitrogen and oxygen atoms in total. The molecule has 1 heterocycles. The predicted molar refractivity (Wildman–Crippen MR) is 106 cm³/mol. The molecule has 1 N–H and O–H groups in total. The lowest BCUT2D eigenvalue weighted by molar-refractivity contribution is 0.0954. The number of hydrogen-bond acceptors (Lipinski definition) is 4. The Bertz CT molecular complexity index is 824. The van der Waals surface area contributed by atoms with E-state index in [0.717, 1.165) is 11.3 Å². The van der Waals surface area contributed by atoms with Crippen LogP contribution < -0.4 is 5.32 Å². The zero-order chi connectivity index (χ0) is 19.1. The molecule has 0 spiro atoms. The number of carbonyl (C=O) groups is 1.